The van der Waals surface area contributed by atoms with Gasteiger partial charge in [-0.3, -0.25) is 10.1 Å². The molecule has 160 valence electrons. The van der Waals surface area contributed by atoms with Gasteiger partial charge in [0.2, 0.25) is 6.20 Å². The summed E-state index contributed by atoms with van der Waals surface area (Å²) in [5, 5.41) is 11.7. The van der Waals surface area contributed by atoms with Crippen LogP contribution in [0.25, 0.3) is 16.8 Å². The molecule has 2 rings (SSSR count). The molecule has 0 unspecified atom stereocenters. The molecule has 0 saturated heterocycles. The molecule has 1 aromatic heterocycles. The Hall–Kier alpha value is -3.49. The number of amides is 2. The lowest BCUT2D eigenvalue weighted by atomic mass is 10.1. The minimum atomic E-state index is -0.922. The average molecular weight is 415 g/mol. The number of anilines is 1. The van der Waals surface area contributed by atoms with Crippen LogP contribution in [0.3, 0.4) is 0 Å². The molecule has 2 aromatic rings. The predicted molar refractivity (Wildman–Crippen MR) is 113 cm³/mol. The van der Waals surface area contributed by atoms with Gasteiger partial charge in [-0.1, -0.05) is 12.1 Å². The van der Waals surface area contributed by atoms with E-state index in [0.29, 0.717) is 16.3 Å². The zero-order valence-electron chi connectivity index (χ0n) is 17.8. The molecule has 0 fully saturated rings. The molecule has 2 amide bonds. The van der Waals surface area contributed by atoms with Crippen LogP contribution in [0.2, 0.25) is 0 Å². The Morgan fingerprint density at radius 1 is 1.03 bits per heavy atom. The van der Waals surface area contributed by atoms with Gasteiger partial charge < -0.3 is 9.47 Å². The molecule has 1 heterocycles. The molecule has 30 heavy (non-hydrogen) atoms. The molecule has 0 bridgehead atoms. The molecule has 0 spiro atoms. The Kier molecular flexibility index (Phi) is 6.44. The number of carbonyl (C=O) groups excluding carboxylic acids is 2. The second kappa shape index (κ2) is 8.48. The lowest BCUT2D eigenvalue weighted by Crippen LogP contribution is -2.44. The minimum Gasteiger partial charge on any atom is -0.443 e. The fourth-order valence-corrected chi connectivity index (χ4v) is 2.47. The van der Waals surface area contributed by atoms with E-state index in [-0.39, 0.29) is 5.82 Å². The average Bonchev–Trinajstić information content (AvgIpc) is 2.56. The highest BCUT2D eigenvalue weighted by Gasteiger charge is 2.34. The third kappa shape index (κ3) is 6.26. The van der Waals surface area contributed by atoms with Crippen molar-refractivity contribution in [3.63, 3.8) is 0 Å². The summed E-state index contributed by atoms with van der Waals surface area (Å²) in [6.45, 7) is 10.1. The van der Waals surface area contributed by atoms with E-state index in [4.69, 9.17) is 9.47 Å². The maximum absolute atomic E-state index is 12.9. The lowest BCUT2D eigenvalue weighted by Gasteiger charge is -2.28. The Bertz CT molecular complexity index is 974. The van der Waals surface area contributed by atoms with E-state index in [9.17, 15) is 19.7 Å². The standard InChI is InChI=1S/C21H25N3O6/c1-20(2,3)29-18(25)24(19(26)30-21(4,5)6)17-16-8-7-14(10-12-23(27)28)13-15(16)9-11-22-17/h7-13H,1-6H3. The van der Waals surface area contributed by atoms with Crippen molar-refractivity contribution in [1.29, 1.82) is 0 Å². The normalized spacial score (nSPS) is 12.1. The minimum absolute atomic E-state index is 0.0424. The van der Waals surface area contributed by atoms with Gasteiger partial charge >= 0.3 is 12.2 Å². The van der Waals surface area contributed by atoms with Gasteiger partial charge in [-0.25, -0.2) is 14.6 Å². The first-order valence-electron chi connectivity index (χ1n) is 9.23. The molecular weight excluding hydrogens is 390 g/mol. The van der Waals surface area contributed by atoms with Gasteiger partial charge in [0.05, 0.1) is 4.92 Å². The zero-order chi connectivity index (χ0) is 22.7. The number of fused-ring (bicyclic) bond motifs is 1. The van der Waals surface area contributed by atoms with Crippen LogP contribution in [0, 0.1) is 10.1 Å². The quantitative estimate of drug-likeness (QED) is 0.503. The van der Waals surface area contributed by atoms with Crippen molar-refractivity contribution < 1.29 is 24.0 Å². The highest BCUT2D eigenvalue weighted by Crippen LogP contribution is 2.28. The van der Waals surface area contributed by atoms with E-state index in [2.05, 4.69) is 4.98 Å². The van der Waals surface area contributed by atoms with Crippen LogP contribution in [0.5, 0.6) is 0 Å². The number of ether oxygens (including phenoxy) is 2. The summed E-state index contributed by atoms with van der Waals surface area (Å²) >= 11 is 0. The summed E-state index contributed by atoms with van der Waals surface area (Å²) in [7, 11) is 0. The van der Waals surface area contributed by atoms with E-state index >= 15 is 0 Å². The molecule has 0 aliphatic heterocycles. The summed E-state index contributed by atoms with van der Waals surface area (Å²) in [5.74, 6) is 0.0424. The largest absolute Gasteiger partial charge is 0.443 e. The van der Waals surface area contributed by atoms with Gasteiger partial charge in [-0.05, 0) is 64.6 Å². The number of hydrogen-bond donors (Lipinski definition) is 0. The third-order valence-corrected chi connectivity index (χ3v) is 3.52. The van der Waals surface area contributed by atoms with Crippen LogP contribution in [-0.4, -0.2) is 33.3 Å². The number of imide groups is 1. The highest BCUT2D eigenvalue weighted by molar-refractivity contribution is 6.13. The number of nitrogens with zero attached hydrogens (tertiary/aromatic N) is 3. The topological polar surface area (TPSA) is 112 Å². The first-order chi connectivity index (χ1) is 13.8. The molecule has 9 heteroatoms. The van der Waals surface area contributed by atoms with Gasteiger partial charge in [0.25, 0.3) is 0 Å². The molecule has 0 aliphatic rings. The molecule has 1 aromatic carbocycles. The summed E-state index contributed by atoms with van der Waals surface area (Å²) in [6, 6.07) is 6.60. The Balaban J connectivity index is 2.57. The maximum atomic E-state index is 12.9. The van der Waals surface area contributed by atoms with Gasteiger partial charge in [0.1, 0.15) is 11.2 Å². The van der Waals surface area contributed by atoms with Crippen molar-refractivity contribution in [2.24, 2.45) is 0 Å². The number of aromatic nitrogens is 1. The van der Waals surface area contributed by atoms with E-state index < -0.39 is 28.3 Å². The summed E-state index contributed by atoms with van der Waals surface area (Å²) in [4.78, 5) is 40.7. The summed E-state index contributed by atoms with van der Waals surface area (Å²) in [6.07, 6.45) is 1.76. The lowest BCUT2D eigenvalue weighted by molar-refractivity contribution is -0.400. The summed E-state index contributed by atoms with van der Waals surface area (Å²) < 4.78 is 10.8. The SMILES string of the molecule is CC(C)(C)OC(=O)N(C(=O)OC(C)(C)C)c1nccc2cc(C=C[N+](=O)[O-])ccc12. The molecular formula is C21H25N3O6. The van der Waals surface area contributed by atoms with Crippen molar-refractivity contribution in [3.05, 3.63) is 52.3 Å². The van der Waals surface area contributed by atoms with Crippen molar-refractivity contribution in [2.45, 2.75) is 52.7 Å². The molecule has 9 nitrogen and oxygen atoms in total. The van der Waals surface area contributed by atoms with Gasteiger partial charge in [-0.15, -0.1) is 0 Å². The first-order valence-corrected chi connectivity index (χ1v) is 9.23. The number of pyridine rings is 1. The van der Waals surface area contributed by atoms with Gasteiger partial charge in [0.15, 0.2) is 5.82 Å². The highest BCUT2D eigenvalue weighted by atomic mass is 16.6. The van der Waals surface area contributed by atoms with Crippen LogP contribution in [0.1, 0.15) is 47.1 Å². The van der Waals surface area contributed by atoms with Crippen LogP contribution >= 0.6 is 0 Å². The third-order valence-electron chi connectivity index (χ3n) is 3.52. The van der Waals surface area contributed by atoms with Gasteiger partial charge in [0, 0.05) is 17.7 Å². The van der Waals surface area contributed by atoms with Crippen molar-refractivity contribution >= 4 is 34.9 Å². The number of nitro groups is 1. The predicted octanol–water partition coefficient (Wildman–Crippen LogP) is 5.16. The molecule has 0 saturated carbocycles. The number of hydrogen-bond acceptors (Lipinski definition) is 7. The second-order valence-corrected chi connectivity index (χ2v) is 8.51. The Morgan fingerprint density at radius 3 is 2.10 bits per heavy atom. The van der Waals surface area contributed by atoms with Crippen molar-refractivity contribution in [1.82, 2.24) is 4.98 Å². The monoisotopic (exact) mass is 415 g/mol. The zero-order valence-corrected chi connectivity index (χ0v) is 17.8. The molecule has 0 aliphatic carbocycles. The van der Waals surface area contributed by atoms with E-state index in [0.717, 1.165) is 11.1 Å². The molecule has 0 radical (unpaired) electrons. The molecule has 0 N–H and O–H groups in total. The number of carbonyl (C=O) groups is 2. The van der Waals surface area contributed by atoms with Crippen molar-refractivity contribution in [3.8, 4) is 0 Å². The van der Waals surface area contributed by atoms with E-state index in [1.54, 1.807) is 65.8 Å². The van der Waals surface area contributed by atoms with Crippen LogP contribution < -0.4 is 4.90 Å². The number of benzene rings is 1. The Morgan fingerprint density at radius 2 is 1.60 bits per heavy atom. The smallest absolute Gasteiger partial charge is 0.425 e. The van der Waals surface area contributed by atoms with E-state index in [1.807, 2.05) is 0 Å². The summed E-state index contributed by atoms with van der Waals surface area (Å²) in [5.41, 5.74) is -1.11. The van der Waals surface area contributed by atoms with Crippen LogP contribution in [-0.2, 0) is 9.47 Å². The van der Waals surface area contributed by atoms with E-state index in [1.165, 1.54) is 12.3 Å². The fourth-order valence-electron chi connectivity index (χ4n) is 2.47. The van der Waals surface area contributed by atoms with Gasteiger partial charge in [-0.2, -0.15) is 4.90 Å². The maximum Gasteiger partial charge on any atom is 0.425 e. The first kappa shape index (κ1) is 22.8. The molecule has 0 atom stereocenters. The Labute approximate surface area is 174 Å². The van der Waals surface area contributed by atoms with Crippen LogP contribution in [0.15, 0.2) is 36.7 Å². The fraction of sp³-hybridized carbons (Fsp3) is 0.381. The van der Waals surface area contributed by atoms with Crippen molar-refractivity contribution in [2.75, 3.05) is 4.90 Å². The second-order valence-electron chi connectivity index (χ2n) is 8.51. The van der Waals surface area contributed by atoms with Crippen LogP contribution in [0.4, 0.5) is 15.4 Å². The number of rotatable bonds is 3.